The molecule has 1 aliphatic rings. The van der Waals surface area contributed by atoms with E-state index in [1.807, 2.05) is 20.8 Å². The number of carboxylic acids is 1. The molecule has 0 aromatic heterocycles. The van der Waals surface area contributed by atoms with Gasteiger partial charge in [0.05, 0.1) is 0 Å². The summed E-state index contributed by atoms with van der Waals surface area (Å²) in [4.78, 5) is 26.8. The summed E-state index contributed by atoms with van der Waals surface area (Å²) in [6.45, 7) is 6.54. The number of likely N-dealkylation sites (tertiary alicyclic amines) is 1. The predicted octanol–water partition coefficient (Wildman–Crippen LogP) is 1.65. The van der Waals surface area contributed by atoms with Crippen LogP contribution in [0.4, 0.5) is 4.79 Å². The Bertz CT molecular complexity index is 363. The van der Waals surface area contributed by atoms with Crippen molar-refractivity contribution in [3.63, 3.8) is 0 Å². The van der Waals surface area contributed by atoms with Gasteiger partial charge in [0.1, 0.15) is 11.6 Å². The van der Waals surface area contributed by atoms with Crippen molar-refractivity contribution in [2.24, 2.45) is 5.92 Å². The monoisotopic (exact) mass is 286 g/mol. The minimum absolute atomic E-state index is 0.0660. The van der Waals surface area contributed by atoms with Gasteiger partial charge in [-0.05, 0) is 47.7 Å². The fourth-order valence-corrected chi connectivity index (χ4v) is 2.60. The topological polar surface area (TPSA) is 70.1 Å². The molecule has 116 valence electrons. The van der Waals surface area contributed by atoms with Gasteiger partial charge in [0, 0.05) is 19.0 Å². The fourth-order valence-electron chi connectivity index (χ4n) is 2.60. The molecular weight excluding hydrogens is 260 g/mol. The zero-order chi connectivity index (χ0) is 15.5. The van der Waals surface area contributed by atoms with Crippen LogP contribution in [0.25, 0.3) is 0 Å². The third-order valence-corrected chi connectivity index (χ3v) is 3.37. The highest BCUT2D eigenvalue weighted by Gasteiger charge is 2.36. The number of rotatable bonds is 3. The number of amides is 1. The van der Waals surface area contributed by atoms with Crippen molar-refractivity contribution in [2.45, 2.75) is 45.3 Å². The molecule has 2 atom stereocenters. The van der Waals surface area contributed by atoms with E-state index in [1.165, 1.54) is 0 Å². The molecule has 1 saturated heterocycles. The van der Waals surface area contributed by atoms with Gasteiger partial charge in [-0.25, -0.2) is 4.79 Å². The molecule has 20 heavy (non-hydrogen) atoms. The van der Waals surface area contributed by atoms with E-state index in [-0.39, 0.29) is 12.0 Å². The highest BCUT2D eigenvalue weighted by molar-refractivity contribution is 5.74. The average molecular weight is 286 g/mol. The Morgan fingerprint density at radius 1 is 1.35 bits per heavy atom. The molecule has 0 saturated carbocycles. The molecule has 2 unspecified atom stereocenters. The molecule has 6 nitrogen and oxygen atoms in total. The van der Waals surface area contributed by atoms with Crippen molar-refractivity contribution in [3.8, 4) is 0 Å². The van der Waals surface area contributed by atoms with Crippen LogP contribution >= 0.6 is 0 Å². The number of piperidine rings is 1. The van der Waals surface area contributed by atoms with E-state index in [0.29, 0.717) is 13.1 Å². The molecule has 0 spiro atoms. The summed E-state index contributed by atoms with van der Waals surface area (Å²) in [5.41, 5.74) is -0.530. The highest BCUT2D eigenvalue weighted by Crippen LogP contribution is 2.24. The van der Waals surface area contributed by atoms with Gasteiger partial charge in [0.25, 0.3) is 0 Å². The number of ether oxygens (including phenoxy) is 1. The maximum atomic E-state index is 12.1. The van der Waals surface area contributed by atoms with Crippen LogP contribution in [0.2, 0.25) is 0 Å². The van der Waals surface area contributed by atoms with Crippen molar-refractivity contribution in [3.05, 3.63) is 0 Å². The number of nitrogens with zero attached hydrogens (tertiary/aromatic N) is 2. The second kappa shape index (κ2) is 6.43. The Kier molecular flexibility index (Phi) is 5.39. The van der Waals surface area contributed by atoms with Gasteiger partial charge in [-0.1, -0.05) is 0 Å². The lowest BCUT2D eigenvalue weighted by molar-refractivity contribution is -0.145. The fraction of sp³-hybridized carbons (Fsp3) is 0.857. The minimum atomic E-state index is -0.842. The molecule has 1 N–H and O–H groups in total. The Labute approximate surface area is 120 Å². The van der Waals surface area contributed by atoms with E-state index >= 15 is 0 Å². The number of hydrogen-bond donors (Lipinski definition) is 1. The van der Waals surface area contributed by atoms with Gasteiger partial charge in [0.15, 0.2) is 0 Å². The third-order valence-electron chi connectivity index (χ3n) is 3.37. The molecule has 0 aromatic carbocycles. The predicted molar refractivity (Wildman–Crippen MR) is 75.6 cm³/mol. The van der Waals surface area contributed by atoms with E-state index in [0.717, 1.165) is 12.8 Å². The van der Waals surface area contributed by atoms with Gasteiger partial charge in [0.2, 0.25) is 0 Å². The summed E-state index contributed by atoms with van der Waals surface area (Å²) in [6.07, 6.45) is 1.26. The van der Waals surface area contributed by atoms with Crippen LogP contribution in [0.5, 0.6) is 0 Å². The first-order valence-electron chi connectivity index (χ1n) is 6.99. The lowest BCUT2D eigenvalue weighted by Crippen LogP contribution is -2.51. The summed E-state index contributed by atoms with van der Waals surface area (Å²) in [5, 5.41) is 9.33. The molecule has 1 heterocycles. The number of carboxylic acid groups (broad SMARTS) is 1. The maximum absolute atomic E-state index is 12.1. The molecule has 0 radical (unpaired) electrons. The van der Waals surface area contributed by atoms with Gasteiger partial charge >= 0.3 is 12.1 Å². The summed E-state index contributed by atoms with van der Waals surface area (Å²) in [6, 6.07) is -0.569. The van der Waals surface area contributed by atoms with E-state index in [2.05, 4.69) is 0 Å². The first kappa shape index (κ1) is 16.8. The van der Waals surface area contributed by atoms with Crippen LogP contribution in [0, 0.1) is 5.92 Å². The summed E-state index contributed by atoms with van der Waals surface area (Å²) >= 11 is 0. The van der Waals surface area contributed by atoms with Gasteiger partial charge in [-0.3, -0.25) is 9.69 Å². The number of likely N-dealkylation sites (N-methyl/N-ethyl adjacent to an activating group) is 1. The zero-order valence-electron chi connectivity index (χ0n) is 13.0. The SMILES string of the molecule is CN(C)C(C(=O)O)C1CCCN(C(=O)OC(C)(C)C)C1. The van der Waals surface area contributed by atoms with E-state index in [4.69, 9.17) is 4.74 Å². The van der Waals surface area contributed by atoms with Gasteiger partial charge < -0.3 is 14.7 Å². The van der Waals surface area contributed by atoms with Gasteiger partial charge in [-0.2, -0.15) is 0 Å². The molecule has 1 amide bonds. The molecule has 1 rings (SSSR count). The Hall–Kier alpha value is -1.30. The first-order valence-corrected chi connectivity index (χ1v) is 6.99. The molecule has 1 aliphatic heterocycles. The van der Waals surface area contributed by atoms with Crippen molar-refractivity contribution in [1.82, 2.24) is 9.80 Å². The molecule has 0 aliphatic carbocycles. The highest BCUT2D eigenvalue weighted by atomic mass is 16.6. The van der Waals surface area contributed by atoms with Crippen LogP contribution < -0.4 is 0 Å². The lowest BCUT2D eigenvalue weighted by atomic mass is 9.90. The van der Waals surface area contributed by atoms with E-state index in [1.54, 1.807) is 23.9 Å². The van der Waals surface area contributed by atoms with E-state index in [9.17, 15) is 14.7 Å². The number of carbonyl (C=O) groups excluding carboxylic acids is 1. The maximum Gasteiger partial charge on any atom is 0.410 e. The van der Waals surface area contributed by atoms with Crippen LogP contribution in [0.3, 0.4) is 0 Å². The second-order valence-electron chi connectivity index (χ2n) is 6.58. The lowest BCUT2D eigenvalue weighted by Gasteiger charge is -2.38. The van der Waals surface area contributed by atoms with Crippen LogP contribution in [0.15, 0.2) is 0 Å². The third kappa shape index (κ3) is 4.67. The molecule has 0 bridgehead atoms. The second-order valence-corrected chi connectivity index (χ2v) is 6.58. The first-order chi connectivity index (χ1) is 9.11. The Morgan fingerprint density at radius 2 is 1.95 bits per heavy atom. The largest absolute Gasteiger partial charge is 0.480 e. The summed E-state index contributed by atoms with van der Waals surface area (Å²) in [7, 11) is 3.51. The summed E-state index contributed by atoms with van der Waals surface area (Å²) < 4.78 is 5.35. The normalized spacial score (nSPS) is 21.7. The molecule has 6 heteroatoms. The van der Waals surface area contributed by atoms with Crippen molar-refractivity contribution >= 4 is 12.1 Å². The molecule has 0 aromatic rings. The number of carbonyl (C=O) groups is 2. The summed E-state index contributed by atoms with van der Waals surface area (Å²) in [5.74, 6) is -0.908. The molecule has 1 fully saturated rings. The van der Waals surface area contributed by atoms with Crippen molar-refractivity contribution in [1.29, 1.82) is 0 Å². The molecular formula is C14H26N2O4. The Balaban J connectivity index is 2.71. The van der Waals surface area contributed by atoms with Gasteiger partial charge in [-0.15, -0.1) is 0 Å². The quantitative estimate of drug-likeness (QED) is 0.854. The van der Waals surface area contributed by atoms with Crippen molar-refractivity contribution in [2.75, 3.05) is 27.2 Å². The average Bonchev–Trinajstić information content (AvgIpc) is 2.26. The smallest absolute Gasteiger partial charge is 0.410 e. The van der Waals surface area contributed by atoms with E-state index < -0.39 is 17.6 Å². The minimum Gasteiger partial charge on any atom is -0.480 e. The Morgan fingerprint density at radius 3 is 2.40 bits per heavy atom. The van der Waals surface area contributed by atoms with Crippen LogP contribution in [0.1, 0.15) is 33.6 Å². The van der Waals surface area contributed by atoms with Crippen LogP contribution in [-0.2, 0) is 9.53 Å². The zero-order valence-corrected chi connectivity index (χ0v) is 13.0. The van der Waals surface area contributed by atoms with Crippen molar-refractivity contribution < 1.29 is 19.4 Å². The number of aliphatic carboxylic acids is 1. The number of hydrogen-bond acceptors (Lipinski definition) is 4. The van der Waals surface area contributed by atoms with Crippen LogP contribution in [-0.4, -0.2) is 65.8 Å². The standard InChI is InChI=1S/C14H26N2O4/c1-14(2,3)20-13(19)16-8-6-7-10(9-16)11(12(17)18)15(4)5/h10-11H,6-9H2,1-5H3,(H,17,18).